The molecule has 20 heavy (non-hydrogen) atoms. The second-order valence-corrected chi connectivity index (χ2v) is 4.85. The van der Waals surface area contributed by atoms with Crippen molar-refractivity contribution in [1.29, 1.82) is 0 Å². The molecular formula is C14H21N3O3. The molecule has 1 heterocycles. The van der Waals surface area contributed by atoms with Crippen molar-refractivity contribution in [2.45, 2.75) is 46.1 Å². The first kappa shape index (κ1) is 15.9. The highest BCUT2D eigenvalue weighted by molar-refractivity contribution is 5.99. The molecule has 1 atom stereocenters. The van der Waals surface area contributed by atoms with Gasteiger partial charge in [0.15, 0.2) is 0 Å². The summed E-state index contributed by atoms with van der Waals surface area (Å²) in [5.41, 5.74) is 6.99. The number of nitrogens with two attached hydrogens (primary N) is 1. The first-order chi connectivity index (χ1) is 9.36. The van der Waals surface area contributed by atoms with E-state index in [-0.39, 0.29) is 11.4 Å². The van der Waals surface area contributed by atoms with Gasteiger partial charge in [-0.25, -0.2) is 9.78 Å². The van der Waals surface area contributed by atoms with Crippen molar-refractivity contribution in [3.8, 4) is 0 Å². The van der Waals surface area contributed by atoms with Crippen molar-refractivity contribution in [2.24, 2.45) is 5.73 Å². The molecule has 0 bridgehead atoms. The number of carbonyl (C=O) groups is 2. The second kappa shape index (κ2) is 6.88. The average molecular weight is 279 g/mol. The highest BCUT2D eigenvalue weighted by Crippen LogP contribution is 2.20. The number of carbonyl (C=O) groups excluding carboxylic acids is 1. The number of primary amides is 1. The van der Waals surface area contributed by atoms with Crippen LogP contribution in [0.15, 0.2) is 6.07 Å². The fourth-order valence-corrected chi connectivity index (χ4v) is 2.08. The summed E-state index contributed by atoms with van der Waals surface area (Å²) in [5, 5.41) is 12.1. The maximum atomic E-state index is 11.5. The van der Waals surface area contributed by atoms with E-state index in [1.807, 2.05) is 6.92 Å². The molecule has 0 saturated carbocycles. The highest BCUT2D eigenvalue weighted by Gasteiger charge is 2.21. The summed E-state index contributed by atoms with van der Waals surface area (Å²) in [5.74, 6) is -1.33. The van der Waals surface area contributed by atoms with Crippen LogP contribution in [-0.2, 0) is 4.79 Å². The van der Waals surface area contributed by atoms with Crippen molar-refractivity contribution in [2.75, 3.05) is 5.32 Å². The van der Waals surface area contributed by atoms with E-state index in [1.54, 1.807) is 19.9 Å². The molecule has 0 radical (unpaired) electrons. The summed E-state index contributed by atoms with van der Waals surface area (Å²) < 4.78 is 0. The first-order valence-electron chi connectivity index (χ1n) is 6.64. The van der Waals surface area contributed by atoms with E-state index in [0.717, 1.165) is 12.8 Å². The number of aromatic nitrogens is 1. The number of hydrogen-bond donors (Lipinski definition) is 3. The van der Waals surface area contributed by atoms with Crippen LogP contribution in [0.5, 0.6) is 0 Å². The third-order valence-electron chi connectivity index (χ3n) is 3.05. The van der Waals surface area contributed by atoms with E-state index < -0.39 is 17.9 Å². The molecule has 1 aromatic rings. The van der Waals surface area contributed by atoms with Gasteiger partial charge < -0.3 is 16.2 Å². The minimum atomic E-state index is -0.963. The van der Waals surface area contributed by atoms with Crippen LogP contribution in [0, 0.1) is 13.8 Å². The third kappa shape index (κ3) is 3.94. The summed E-state index contributed by atoms with van der Waals surface area (Å²) in [6, 6.07) is 0.967. The number of aliphatic carboxylic acids is 1. The number of rotatable bonds is 7. The molecule has 6 heteroatoms. The Hall–Kier alpha value is -2.11. The number of pyridine rings is 1. The number of aryl methyl sites for hydroxylation is 2. The van der Waals surface area contributed by atoms with Crippen LogP contribution in [0.3, 0.4) is 0 Å². The molecule has 0 saturated heterocycles. The molecule has 1 aromatic heterocycles. The maximum Gasteiger partial charge on any atom is 0.326 e. The van der Waals surface area contributed by atoms with Crippen LogP contribution < -0.4 is 11.1 Å². The van der Waals surface area contributed by atoms with E-state index in [1.165, 1.54) is 0 Å². The minimum Gasteiger partial charge on any atom is -0.480 e. The molecule has 0 aliphatic rings. The Labute approximate surface area is 118 Å². The van der Waals surface area contributed by atoms with E-state index in [0.29, 0.717) is 17.7 Å². The number of unbranched alkanes of at least 4 members (excludes halogenated alkanes) is 1. The number of carboxylic acid groups (broad SMARTS) is 1. The summed E-state index contributed by atoms with van der Waals surface area (Å²) >= 11 is 0. The van der Waals surface area contributed by atoms with E-state index >= 15 is 0 Å². The molecule has 0 aromatic carbocycles. The average Bonchev–Trinajstić information content (AvgIpc) is 2.32. The predicted molar refractivity (Wildman–Crippen MR) is 76.8 cm³/mol. The molecule has 0 spiro atoms. The number of amides is 1. The van der Waals surface area contributed by atoms with E-state index in [2.05, 4.69) is 10.3 Å². The van der Waals surface area contributed by atoms with Gasteiger partial charge in [-0.3, -0.25) is 4.79 Å². The Bertz CT molecular complexity index is 515. The van der Waals surface area contributed by atoms with Crippen LogP contribution in [0.4, 0.5) is 5.82 Å². The lowest BCUT2D eigenvalue weighted by molar-refractivity contribution is -0.138. The van der Waals surface area contributed by atoms with Crippen LogP contribution in [0.1, 0.15) is 47.8 Å². The quantitative estimate of drug-likeness (QED) is 0.706. The fraction of sp³-hybridized carbons (Fsp3) is 0.500. The molecule has 0 aliphatic carbocycles. The first-order valence-corrected chi connectivity index (χ1v) is 6.64. The lowest BCUT2D eigenvalue weighted by Crippen LogP contribution is -2.31. The Balaban J connectivity index is 3.11. The fourth-order valence-electron chi connectivity index (χ4n) is 2.08. The molecule has 0 fully saturated rings. The van der Waals surface area contributed by atoms with Crippen LogP contribution in [0.2, 0.25) is 0 Å². The van der Waals surface area contributed by atoms with Crippen LogP contribution in [0.25, 0.3) is 0 Å². The van der Waals surface area contributed by atoms with E-state index in [4.69, 9.17) is 5.73 Å². The molecular weight excluding hydrogens is 258 g/mol. The highest BCUT2D eigenvalue weighted by atomic mass is 16.4. The van der Waals surface area contributed by atoms with Crippen molar-refractivity contribution in [3.63, 3.8) is 0 Å². The standard InChI is InChI=1S/C14H21N3O3/c1-4-5-6-10(14(19)20)17-13-11(12(15)18)8(2)7-9(3)16-13/h7,10H,4-6H2,1-3H3,(H2,15,18)(H,16,17)(H,19,20). The van der Waals surface area contributed by atoms with Gasteiger partial charge in [-0.15, -0.1) is 0 Å². The zero-order valence-electron chi connectivity index (χ0n) is 12.1. The van der Waals surface area contributed by atoms with Gasteiger partial charge in [0.25, 0.3) is 5.91 Å². The van der Waals surface area contributed by atoms with Crippen molar-refractivity contribution >= 4 is 17.7 Å². The number of nitrogens with zero attached hydrogens (tertiary/aromatic N) is 1. The third-order valence-corrected chi connectivity index (χ3v) is 3.05. The molecule has 1 amide bonds. The van der Waals surface area contributed by atoms with E-state index in [9.17, 15) is 14.7 Å². The van der Waals surface area contributed by atoms with Gasteiger partial charge >= 0.3 is 5.97 Å². The second-order valence-electron chi connectivity index (χ2n) is 4.85. The molecule has 110 valence electrons. The van der Waals surface area contributed by atoms with Crippen LogP contribution in [-0.4, -0.2) is 28.0 Å². The summed E-state index contributed by atoms with van der Waals surface area (Å²) in [4.78, 5) is 27.0. The van der Waals surface area contributed by atoms with Gasteiger partial charge in [0.2, 0.25) is 0 Å². The van der Waals surface area contributed by atoms with Gasteiger partial charge in [0.05, 0.1) is 5.56 Å². The largest absolute Gasteiger partial charge is 0.480 e. The summed E-state index contributed by atoms with van der Waals surface area (Å²) in [6.45, 7) is 5.52. The van der Waals surface area contributed by atoms with Crippen molar-refractivity contribution in [1.82, 2.24) is 4.98 Å². The molecule has 1 rings (SSSR count). The lowest BCUT2D eigenvalue weighted by atomic mass is 10.1. The Morgan fingerprint density at radius 1 is 1.45 bits per heavy atom. The Morgan fingerprint density at radius 2 is 2.10 bits per heavy atom. The topological polar surface area (TPSA) is 105 Å². The van der Waals surface area contributed by atoms with Crippen LogP contribution >= 0.6 is 0 Å². The Morgan fingerprint density at radius 3 is 2.60 bits per heavy atom. The number of nitrogens with one attached hydrogen (secondary N) is 1. The molecule has 1 unspecified atom stereocenters. The van der Waals surface area contributed by atoms with Gasteiger partial charge in [0, 0.05) is 5.69 Å². The summed E-state index contributed by atoms with van der Waals surface area (Å²) in [6.07, 6.45) is 2.15. The number of hydrogen-bond acceptors (Lipinski definition) is 4. The van der Waals surface area contributed by atoms with Gasteiger partial charge in [-0.2, -0.15) is 0 Å². The zero-order valence-corrected chi connectivity index (χ0v) is 12.1. The monoisotopic (exact) mass is 279 g/mol. The van der Waals surface area contributed by atoms with Crippen molar-refractivity contribution < 1.29 is 14.7 Å². The normalized spacial score (nSPS) is 11.9. The smallest absolute Gasteiger partial charge is 0.326 e. The molecule has 4 N–H and O–H groups in total. The predicted octanol–water partition coefficient (Wildman–Crippen LogP) is 1.85. The maximum absolute atomic E-state index is 11.5. The minimum absolute atomic E-state index is 0.248. The number of anilines is 1. The van der Waals surface area contributed by atoms with Gasteiger partial charge in [0.1, 0.15) is 11.9 Å². The summed E-state index contributed by atoms with van der Waals surface area (Å²) in [7, 11) is 0. The zero-order chi connectivity index (χ0) is 15.3. The SMILES string of the molecule is CCCCC(Nc1nc(C)cc(C)c1C(N)=O)C(=O)O. The Kier molecular flexibility index (Phi) is 5.49. The van der Waals surface area contributed by atoms with Gasteiger partial charge in [-0.1, -0.05) is 19.8 Å². The lowest BCUT2D eigenvalue weighted by Gasteiger charge is -2.18. The molecule has 0 aliphatic heterocycles. The number of carboxylic acids is 1. The van der Waals surface area contributed by atoms with Gasteiger partial charge in [-0.05, 0) is 31.9 Å². The molecule has 6 nitrogen and oxygen atoms in total. The van der Waals surface area contributed by atoms with Crippen molar-refractivity contribution in [3.05, 3.63) is 22.9 Å².